The molecule has 0 radical (unpaired) electrons. The molecule has 0 fully saturated rings. The van der Waals surface area contributed by atoms with Crippen molar-refractivity contribution in [2.45, 2.75) is 25.9 Å². The van der Waals surface area contributed by atoms with Gasteiger partial charge in [0.2, 0.25) is 0 Å². The molecule has 0 spiro atoms. The molecule has 5 heteroatoms. The molecule has 128 valence electrons. The average molecular weight is 333 g/mol. The van der Waals surface area contributed by atoms with E-state index in [1.807, 2.05) is 11.8 Å². The lowest BCUT2D eigenvalue weighted by molar-refractivity contribution is 0.111. The number of aryl methyl sites for hydroxylation is 1. The van der Waals surface area contributed by atoms with E-state index < -0.39 is 6.10 Å². The molecule has 3 rings (SSSR count). The number of β-amino-alcohol motifs (C(OH)–C–C–N with tert-alkyl or cyclic N) is 1. The third-order valence-electron chi connectivity index (χ3n) is 4.33. The van der Waals surface area contributed by atoms with Crippen LogP contribution in [-0.4, -0.2) is 30.9 Å². The third kappa shape index (κ3) is 3.67. The summed E-state index contributed by atoms with van der Waals surface area (Å²) in [4.78, 5) is 1.89. The molecule has 1 unspecified atom stereocenters. The first kappa shape index (κ1) is 16.7. The number of aliphatic hydroxyl groups is 1. The standard InChI is InChI=1S/C19H21F2NO2/c1-13-4-9-18(21)19-17(13)3-2-10-22(19)11-15(23)12-24-16-7-5-14(20)6-8-16/h4-9,15,23H,2-3,10-12H2,1H3. The highest BCUT2D eigenvalue weighted by Gasteiger charge is 2.24. The zero-order chi connectivity index (χ0) is 17.1. The van der Waals surface area contributed by atoms with Gasteiger partial charge < -0.3 is 14.7 Å². The number of fused-ring (bicyclic) bond motifs is 1. The first-order valence-corrected chi connectivity index (χ1v) is 8.14. The summed E-state index contributed by atoms with van der Waals surface area (Å²) in [5.74, 6) is -0.0860. The summed E-state index contributed by atoms with van der Waals surface area (Å²) < 4.78 is 32.6. The van der Waals surface area contributed by atoms with Gasteiger partial charge in [-0.1, -0.05) is 6.07 Å². The van der Waals surface area contributed by atoms with E-state index in [4.69, 9.17) is 4.74 Å². The second-order valence-corrected chi connectivity index (χ2v) is 6.16. The van der Waals surface area contributed by atoms with Crippen LogP contribution in [0.3, 0.4) is 0 Å². The number of hydrogen-bond acceptors (Lipinski definition) is 3. The summed E-state index contributed by atoms with van der Waals surface area (Å²) in [6, 6.07) is 8.92. The molecule has 1 aliphatic rings. The molecular formula is C19H21F2NO2. The summed E-state index contributed by atoms with van der Waals surface area (Å²) in [6.45, 7) is 3.07. The predicted octanol–water partition coefficient (Wildman–Crippen LogP) is 3.47. The van der Waals surface area contributed by atoms with Gasteiger partial charge >= 0.3 is 0 Å². The molecule has 1 atom stereocenters. The minimum Gasteiger partial charge on any atom is -0.491 e. The molecule has 1 heterocycles. The highest BCUT2D eigenvalue weighted by molar-refractivity contribution is 5.59. The van der Waals surface area contributed by atoms with Crippen molar-refractivity contribution in [2.75, 3.05) is 24.6 Å². The lowest BCUT2D eigenvalue weighted by atomic mass is 9.96. The largest absolute Gasteiger partial charge is 0.491 e. The van der Waals surface area contributed by atoms with E-state index in [1.54, 1.807) is 6.07 Å². The van der Waals surface area contributed by atoms with Gasteiger partial charge in [-0.2, -0.15) is 0 Å². The molecule has 0 amide bonds. The Kier molecular flexibility index (Phi) is 5.00. The molecule has 2 aromatic rings. The maximum Gasteiger partial charge on any atom is 0.146 e. The van der Waals surface area contributed by atoms with Crippen molar-refractivity contribution in [1.82, 2.24) is 0 Å². The quantitative estimate of drug-likeness (QED) is 0.909. The molecule has 0 bridgehead atoms. The van der Waals surface area contributed by atoms with Crippen LogP contribution < -0.4 is 9.64 Å². The van der Waals surface area contributed by atoms with Crippen LogP contribution in [0, 0.1) is 18.6 Å². The Morgan fingerprint density at radius 1 is 1.17 bits per heavy atom. The fourth-order valence-corrected chi connectivity index (χ4v) is 3.14. The van der Waals surface area contributed by atoms with Crippen LogP contribution in [0.5, 0.6) is 5.75 Å². The van der Waals surface area contributed by atoms with Crippen LogP contribution in [0.15, 0.2) is 36.4 Å². The number of ether oxygens (including phenoxy) is 1. The first-order chi connectivity index (χ1) is 11.5. The molecule has 24 heavy (non-hydrogen) atoms. The number of hydrogen-bond donors (Lipinski definition) is 1. The maximum absolute atomic E-state index is 14.3. The van der Waals surface area contributed by atoms with E-state index in [0.29, 0.717) is 24.5 Å². The van der Waals surface area contributed by atoms with Gasteiger partial charge in [0.25, 0.3) is 0 Å². The monoisotopic (exact) mass is 333 g/mol. The van der Waals surface area contributed by atoms with Gasteiger partial charge in [0.15, 0.2) is 0 Å². The minimum absolute atomic E-state index is 0.0743. The fourth-order valence-electron chi connectivity index (χ4n) is 3.14. The smallest absolute Gasteiger partial charge is 0.146 e. The number of benzene rings is 2. The van der Waals surface area contributed by atoms with E-state index >= 15 is 0 Å². The van der Waals surface area contributed by atoms with Gasteiger partial charge in [-0.25, -0.2) is 8.78 Å². The van der Waals surface area contributed by atoms with Gasteiger partial charge in [-0.15, -0.1) is 0 Å². The van der Waals surface area contributed by atoms with E-state index in [0.717, 1.165) is 24.0 Å². The zero-order valence-electron chi connectivity index (χ0n) is 13.6. The Hall–Kier alpha value is -2.14. The van der Waals surface area contributed by atoms with Gasteiger partial charge in [0.05, 0.1) is 5.69 Å². The third-order valence-corrected chi connectivity index (χ3v) is 4.33. The topological polar surface area (TPSA) is 32.7 Å². The number of nitrogens with zero attached hydrogens (tertiary/aromatic N) is 1. The molecule has 3 nitrogen and oxygen atoms in total. The normalized spacial score (nSPS) is 15.1. The minimum atomic E-state index is -0.763. The van der Waals surface area contributed by atoms with Crippen molar-refractivity contribution >= 4 is 5.69 Å². The van der Waals surface area contributed by atoms with Crippen molar-refractivity contribution in [1.29, 1.82) is 0 Å². The molecule has 2 aromatic carbocycles. The van der Waals surface area contributed by atoms with Crippen molar-refractivity contribution in [3.63, 3.8) is 0 Å². The first-order valence-electron chi connectivity index (χ1n) is 8.14. The van der Waals surface area contributed by atoms with Crippen molar-refractivity contribution < 1.29 is 18.6 Å². The van der Waals surface area contributed by atoms with Crippen LogP contribution in [0.1, 0.15) is 17.5 Å². The molecular weight excluding hydrogens is 312 g/mol. The van der Waals surface area contributed by atoms with Crippen molar-refractivity contribution in [3.8, 4) is 5.75 Å². The lowest BCUT2D eigenvalue weighted by Crippen LogP contribution is -2.39. The van der Waals surface area contributed by atoms with Crippen molar-refractivity contribution in [3.05, 3.63) is 59.2 Å². The Labute approximate surface area is 140 Å². The van der Waals surface area contributed by atoms with Crippen LogP contribution in [0.25, 0.3) is 0 Å². The van der Waals surface area contributed by atoms with Crippen LogP contribution in [0.2, 0.25) is 0 Å². The second kappa shape index (κ2) is 7.18. The van der Waals surface area contributed by atoms with E-state index in [1.165, 1.54) is 30.3 Å². The second-order valence-electron chi connectivity index (χ2n) is 6.16. The number of halogens is 2. The Morgan fingerprint density at radius 3 is 2.67 bits per heavy atom. The molecule has 1 N–H and O–H groups in total. The highest BCUT2D eigenvalue weighted by atomic mass is 19.1. The van der Waals surface area contributed by atoms with Crippen LogP contribution >= 0.6 is 0 Å². The number of anilines is 1. The zero-order valence-corrected chi connectivity index (χ0v) is 13.6. The van der Waals surface area contributed by atoms with Gasteiger partial charge in [0, 0.05) is 13.1 Å². The van der Waals surface area contributed by atoms with E-state index in [2.05, 4.69) is 0 Å². The highest BCUT2D eigenvalue weighted by Crippen LogP contribution is 2.32. The maximum atomic E-state index is 14.3. The Balaban J connectivity index is 1.64. The average Bonchev–Trinajstić information content (AvgIpc) is 2.58. The molecule has 1 aliphatic heterocycles. The summed E-state index contributed by atoms with van der Waals surface area (Å²) in [6.07, 6.45) is 1.03. The van der Waals surface area contributed by atoms with Crippen molar-refractivity contribution in [2.24, 2.45) is 0 Å². The van der Waals surface area contributed by atoms with Gasteiger partial charge in [-0.05, 0) is 61.2 Å². The Bertz CT molecular complexity index is 703. The molecule has 0 aromatic heterocycles. The fraction of sp³-hybridized carbons (Fsp3) is 0.368. The summed E-state index contributed by atoms with van der Waals surface area (Å²) in [5.41, 5.74) is 2.70. The SMILES string of the molecule is Cc1ccc(F)c2c1CCCN2CC(O)COc1ccc(F)cc1. The summed E-state index contributed by atoms with van der Waals surface area (Å²) in [7, 11) is 0. The summed E-state index contributed by atoms with van der Waals surface area (Å²) in [5, 5.41) is 10.2. The van der Waals surface area contributed by atoms with Crippen LogP contribution in [-0.2, 0) is 6.42 Å². The Morgan fingerprint density at radius 2 is 1.92 bits per heavy atom. The molecule has 0 saturated carbocycles. The van der Waals surface area contributed by atoms with Gasteiger partial charge in [0.1, 0.15) is 30.1 Å². The number of rotatable bonds is 5. The van der Waals surface area contributed by atoms with Gasteiger partial charge in [-0.3, -0.25) is 0 Å². The molecule has 0 saturated heterocycles. The van der Waals surface area contributed by atoms with E-state index in [-0.39, 0.29) is 18.2 Å². The van der Waals surface area contributed by atoms with Crippen LogP contribution in [0.4, 0.5) is 14.5 Å². The number of aliphatic hydroxyl groups excluding tert-OH is 1. The summed E-state index contributed by atoms with van der Waals surface area (Å²) >= 11 is 0. The van der Waals surface area contributed by atoms with E-state index in [9.17, 15) is 13.9 Å². The molecule has 0 aliphatic carbocycles. The predicted molar refractivity (Wildman–Crippen MR) is 89.6 cm³/mol. The lowest BCUT2D eigenvalue weighted by Gasteiger charge is -2.34.